The van der Waals surface area contributed by atoms with E-state index in [4.69, 9.17) is 4.74 Å². The fourth-order valence-corrected chi connectivity index (χ4v) is 2.43. The standard InChI is InChI=1S/C15H22N2O2/c1-11-4-5-14(19-3)13(10-11)16-15(18)12-6-8-17(2)9-7-12/h4-5,10,12H,6-9H2,1-3H3,(H,16,18). The van der Waals surface area contributed by atoms with Gasteiger partial charge in [0.05, 0.1) is 12.8 Å². The summed E-state index contributed by atoms with van der Waals surface area (Å²) in [5.41, 5.74) is 1.88. The number of carbonyl (C=O) groups excluding carboxylic acids is 1. The van der Waals surface area contributed by atoms with E-state index in [0.717, 1.165) is 37.2 Å². The highest BCUT2D eigenvalue weighted by Crippen LogP contribution is 2.27. The summed E-state index contributed by atoms with van der Waals surface area (Å²) in [6.45, 7) is 3.98. The Hall–Kier alpha value is -1.55. The summed E-state index contributed by atoms with van der Waals surface area (Å²) in [5.74, 6) is 0.935. The van der Waals surface area contributed by atoms with Crippen molar-refractivity contribution in [3.8, 4) is 5.75 Å². The van der Waals surface area contributed by atoms with Crippen molar-refractivity contribution in [3.63, 3.8) is 0 Å². The van der Waals surface area contributed by atoms with E-state index < -0.39 is 0 Å². The van der Waals surface area contributed by atoms with Crippen molar-refractivity contribution in [2.75, 3.05) is 32.6 Å². The average molecular weight is 262 g/mol. The Morgan fingerprint density at radius 1 is 1.37 bits per heavy atom. The van der Waals surface area contributed by atoms with Crippen LogP contribution in [0.25, 0.3) is 0 Å². The van der Waals surface area contributed by atoms with Gasteiger partial charge in [0, 0.05) is 5.92 Å². The number of aryl methyl sites for hydroxylation is 1. The summed E-state index contributed by atoms with van der Waals surface area (Å²) in [7, 11) is 3.72. The van der Waals surface area contributed by atoms with E-state index in [2.05, 4.69) is 17.3 Å². The van der Waals surface area contributed by atoms with E-state index in [-0.39, 0.29) is 11.8 Å². The van der Waals surface area contributed by atoms with Crippen molar-refractivity contribution < 1.29 is 9.53 Å². The number of amides is 1. The number of anilines is 1. The summed E-state index contributed by atoms with van der Waals surface area (Å²) in [6, 6.07) is 5.81. The fraction of sp³-hybridized carbons (Fsp3) is 0.533. The number of likely N-dealkylation sites (tertiary alicyclic amines) is 1. The summed E-state index contributed by atoms with van der Waals surface area (Å²) >= 11 is 0. The zero-order chi connectivity index (χ0) is 13.8. The maximum atomic E-state index is 12.3. The molecule has 1 aliphatic rings. The molecule has 0 bridgehead atoms. The Morgan fingerprint density at radius 3 is 2.68 bits per heavy atom. The van der Waals surface area contributed by atoms with Gasteiger partial charge < -0.3 is 15.0 Å². The van der Waals surface area contributed by atoms with Crippen LogP contribution in [0.2, 0.25) is 0 Å². The van der Waals surface area contributed by atoms with Gasteiger partial charge in [-0.2, -0.15) is 0 Å². The molecule has 0 spiro atoms. The number of carbonyl (C=O) groups is 1. The zero-order valence-electron chi connectivity index (χ0n) is 11.9. The van der Waals surface area contributed by atoms with Crippen molar-refractivity contribution in [1.29, 1.82) is 0 Å². The molecule has 1 heterocycles. The van der Waals surface area contributed by atoms with Crippen LogP contribution >= 0.6 is 0 Å². The predicted molar refractivity (Wildman–Crippen MR) is 76.6 cm³/mol. The van der Waals surface area contributed by atoms with Gasteiger partial charge in [-0.25, -0.2) is 0 Å². The molecule has 0 unspecified atom stereocenters. The van der Waals surface area contributed by atoms with E-state index in [1.807, 2.05) is 25.1 Å². The number of hydrogen-bond acceptors (Lipinski definition) is 3. The van der Waals surface area contributed by atoms with E-state index in [0.29, 0.717) is 5.75 Å². The van der Waals surface area contributed by atoms with Crippen molar-refractivity contribution in [3.05, 3.63) is 23.8 Å². The van der Waals surface area contributed by atoms with Gasteiger partial charge in [-0.3, -0.25) is 4.79 Å². The van der Waals surface area contributed by atoms with Crippen LogP contribution in [-0.2, 0) is 4.79 Å². The summed E-state index contributed by atoms with van der Waals surface area (Å²) in [4.78, 5) is 14.5. The Labute approximate surface area is 114 Å². The van der Waals surface area contributed by atoms with Crippen LogP contribution in [0.5, 0.6) is 5.75 Å². The lowest BCUT2D eigenvalue weighted by atomic mass is 9.96. The van der Waals surface area contributed by atoms with E-state index >= 15 is 0 Å². The molecule has 1 fully saturated rings. The van der Waals surface area contributed by atoms with Crippen molar-refractivity contribution in [2.45, 2.75) is 19.8 Å². The summed E-state index contributed by atoms with van der Waals surface area (Å²) in [6.07, 6.45) is 1.85. The van der Waals surface area contributed by atoms with Gasteiger partial charge in [0.1, 0.15) is 5.75 Å². The molecular formula is C15H22N2O2. The minimum atomic E-state index is 0.108. The van der Waals surface area contributed by atoms with Gasteiger partial charge in [0.25, 0.3) is 0 Å². The molecule has 1 amide bonds. The van der Waals surface area contributed by atoms with E-state index in [9.17, 15) is 4.79 Å². The molecule has 2 rings (SSSR count). The Bertz CT molecular complexity index is 451. The maximum Gasteiger partial charge on any atom is 0.227 e. The second-order valence-corrected chi connectivity index (χ2v) is 5.27. The molecule has 0 aliphatic carbocycles. The number of rotatable bonds is 3. The highest BCUT2D eigenvalue weighted by molar-refractivity contribution is 5.94. The molecule has 19 heavy (non-hydrogen) atoms. The molecule has 1 aromatic rings. The van der Waals surface area contributed by atoms with E-state index in [1.165, 1.54) is 0 Å². The molecule has 1 aliphatic heterocycles. The molecular weight excluding hydrogens is 240 g/mol. The average Bonchev–Trinajstić information content (AvgIpc) is 2.39. The first-order chi connectivity index (χ1) is 9.10. The normalized spacial score (nSPS) is 17.2. The first-order valence-electron chi connectivity index (χ1n) is 6.74. The van der Waals surface area contributed by atoms with E-state index in [1.54, 1.807) is 7.11 Å². The predicted octanol–water partition coefficient (Wildman–Crippen LogP) is 2.28. The van der Waals surface area contributed by atoms with Gasteiger partial charge in [-0.1, -0.05) is 6.07 Å². The van der Waals surface area contributed by atoms with Gasteiger partial charge in [-0.15, -0.1) is 0 Å². The van der Waals surface area contributed by atoms with Crippen LogP contribution < -0.4 is 10.1 Å². The molecule has 1 N–H and O–H groups in total. The van der Waals surface area contributed by atoms with Crippen LogP contribution in [0.1, 0.15) is 18.4 Å². The smallest absolute Gasteiger partial charge is 0.227 e. The fourth-order valence-electron chi connectivity index (χ4n) is 2.43. The van der Waals surface area contributed by atoms with Crippen molar-refractivity contribution in [1.82, 2.24) is 4.90 Å². The van der Waals surface area contributed by atoms with Crippen LogP contribution in [0, 0.1) is 12.8 Å². The third-order valence-corrected chi connectivity index (χ3v) is 3.70. The number of nitrogens with zero attached hydrogens (tertiary/aromatic N) is 1. The highest BCUT2D eigenvalue weighted by Gasteiger charge is 2.23. The summed E-state index contributed by atoms with van der Waals surface area (Å²) < 4.78 is 5.28. The number of benzene rings is 1. The molecule has 1 aromatic carbocycles. The molecule has 4 nitrogen and oxygen atoms in total. The number of piperidine rings is 1. The third-order valence-electron chi connectivity index (χ3n) is 3.70. The van der Waals surface area contributed by atoms with Crippen LogP contribution in [0.3, 0.4) is 0 Å². The first-order valence-corrected chi connectivity index (χ1v) is 6.74. The number of ether oxygens (including phenoxy) is 1. The zero-order valence-corrected chi connectivity index (χ0v) is 11.9. The molecule has 0 atom stereocenters. The lowest BCUT2D eigenvalue weighted by Crippen LogP contribution is -2.35. The number of nitrogens with one attached hydrogen (secondary N) is 1. The lowest BCUT2D eigenvalue weighted by molar-refractivity contribution is -0.121. The van der Waals surface area contributed by atoms with Gasteiger partial charge in [-0.05, 0) is 57.6 Å². The molecule has 4 heteroatoms. The molecule has 0 aromatic heterocycles. The second-order valence-electron chi connectivity index (χ2n) is 5.27. The number of hydrogen-bond donors (Lipinski definition) is 1. The van der Waals surface area contributed by atoms with Crippen molar-refractivity contribution in [2.24, 2.45) is 5.92 Å². The molecule has 1 saturated heterocycles. The molecule has 104 valence electrons. The minimum Gasteiger partial charge on any atom is -0.495 e. The van der Waals surface area contributed by atoms with Gasteiger partial charge >= 0.3 is 0 Å². The monoisotopic (exact) mass is 262 g/mol. The molecule has 0 saturated carbocycles. The van der Waals surface area contributed by atoms with Crippen LogP contribution in [0.15, 0.2) is 18.2 Å². The quantitative estimate of drug-likeness (QED) is 0.908. The SMILES string of the molecule is COc1ccc(C)cc1NC(=O)C1CCN(C)CC1. The Morgan fingerprint density at radius 2 is 2.05 bits per heavy atom. The Balaban J connectivity index is 2.04. The minimum absolute atomic E-state index is 0.108. The van der Waals surface area contributed by atoms with Crippen LogP contribution in [0.4, 0.5) is 5.69 Å². The topological polar surface area (TPSA) is 41.6 Å². The summed E-state index contributed by atoms with van der Waals surface area (Å²) in [5, 5.41) is 3.00. The van der Waals surface area contributed by atoms with Crippen LogP contribution in [-0.4, -0.2) is 38.1 Å². The largest absolute Gasteiger partial charge is 0.495 e. The Kier molecular flexibility index (Phi) is 4.43. The third kappa shape index (κ3) is 3.47. The van der Waals surface area contributed by atoms with Gasteiger partial charge in [0.15, 0.2) is 0 Å². The number of methoxy groups -OCH3 is 1. The second kappa shape index (κ2) is 6.06. The highest BCUT2D eigenvalue weighted by atomic mass is 16.5. The van der Waals surface area contributed by atoms with Crippen molar-refractivity contribution >= 4 is 11.6 Å². The first kappa shape index (κ1) is 13.9. The molecule has 0 radical (unpaired) electrons. The maximum absolute atomic E-state index is 12.3. The van der Waals surface area contributed by atoms with Gasteiger partial charge in [0.2, 0.25) is 5.91 Å². The lowest BCUT2D eigenvalue weighted by Gasteiger charge is -2.28.